The zero-order valence-corrected chi connectivity index (χ0v) is 7.33. The van der Waals surface area contributed by atoms with Gasteiger partial charge in [0.2, 0.25) is 0 Å². The molecule has 0 bridgehead atoms. The Kier molecular flexibility index (Phi) is 3.35. The van der Waals surface area contributed by atoms with Gasteiger partial charge in [0, 0.05) is 5.56 Å². The van der Waals surface area contributed by atoms with Crippen LogP contribution in [0.5, 0.6) is 0 Å². The Morgan fingerprint density at radius 1 is 1.62 bits per heavy atom. The average Bonchev–Trinajstić information content (AvgIpc) is 2.03. The number of hydrogen-bond donors (Lipinski definition) is 2. The monoisotopic (exact) mass is 204 g/mol. The summed E-state index contributed by atoms with van der Waals surface area (Å²) in [6.07, 6.45) is -1.31. The van der Waals surface area contributed by atoms with Gasteiger partial charge in [-0.3, -0.25) is 0 Å². The molecule has 0 aliphatic rings. The Morgan fingerprint density at radius 2 is 2.31 bits per heavy atom. The molecule has 0 amide bonds. The molecule has 71 valence electrons. The highest BCUT2D eigenvalue weighted by Gasteiger charge is 2.11. The van der Waals surface area contributed by atoms with Crippen molar-refractivity contribution in [3.8, 4) is 0 Å². The molecule has 0 heterocycles. The summed E-state index contributed by atoms with van der Waals surface area (Å²) in [5.41, 5.74) is 5.19. The van der Waals surface area contributed by atoms with Crippen LogP contribution in [0.4, 0.5) is 4.39 Å². The van der Waals surface area contributed by atoms with Gasteiger partial charge in [-0.15, -0.1) is 0 Å². The van der Waals surface area contributed by atoms with Crippen LogP contribution in [0.25, 0.3) is 0 Å². The maximum absolute atomic E-state index is 12.9. The maximum atomic E-state index is 12.9. The van der Waals surface area contributed by atoms with E-state index >= 15 is 0 Å². The van der Waals surface area contributed by atoms with Crippen molar-refractivity contribution in [3.05, 3.63) is 35.6 Å². The Balaban J connectivity index is 2.88. The van der Waals surface area contributed by atoms with Gasteiger partial charge in [-0.25, -0.2) is 17.0 Å². The summed E-state index contributed by atoms with van der Waals surface area (Å²) in [5.74, 6) is -0.622. The predicted octanol–water partition coefficient (Wildman–Crippen LogP) is 0.126. The van der Waals surface area contributed by atoms with Crippen LogP contribution < -0.4 is 5.73 Å². The third-order valence-corrected chi connectivity index (χ3v) is 1.75. The van der Waals surface area contributed by atoms with E-state index in [1.165, 1.54) is 12.1 Å². The molecular weight excluding hydrogens is 197 g/mol. The Labute approximate surface area is 76.3 Å². The fourth-order valence-electron chi connectivity index (χ4n) is 0.792. The van der Waals surface area contributed by atoms with Gasteiger partial charge in [0.1, 0.15) is 5.82 Å². The van der Waals surface area contributed by atoms with Crippen LogP contribution in [0.3, 0.4) is 0 Å². The molecule has 0 saturated heterocycles. The molecule has 1 unspecified atom stereocenters. The van der Waals surface area contributed by atoms with E-state index in [0.717, 1.165) is 6.07 Å². The molecule has 0 saturated carbocycles. The quantitative estimate of drug-likeness (QED) is 0.542. The highest BCUT2D eigenvalue weighted by molar-refractivity contribution is 7.67. The van der Waals surface area contributed by atoms with Gasteiger partial charge in [0.15, 0.2) is 6.23 Å². The molecule has 0 fully saturated rings. The summed E-state index contributed by atoms with van der Waals surface area (Å²) in [7, 11) is -3.08. The number of benzene rings is 1. The summed E-state index contributed by atoms with van der Waals surface area (Å²) < 4.78 is 37.3. The minimum atomic E-state index is -3.08. The van der Waals surface area contributed by atoms with E-state index in [4.69, 9.17) is 5.73 Å². The molecule has 4 nitrogen and oxygen atoms in total. The van der Waals surface area contributed by atoms with Crippen molar-refractivity contribution >= 4 is 11.0 Å². The van der Waals surface area contributed by atoms with Crippen molar-refractivity contribution in [1.82, 2.24) is 0 Å². The molecule has 1 rings (SSSR count). The summed E-state index contributed by atoms with van der Waals surface area (Å²) >= 11 is 0. The molecule has 1 atom stereocenters. The molecule has 1 aromatic carbocycles. The number of rotatable bonds is 3. The summed E-state index contributed by atoms with van der Waals surface area (Å²) in [4.78, 5) is 0. The molecule has 13 heavy (non-hydrogen) atoms. The van der Waals surface area contributed by atoms with Gasteiger partial charge < -0.3 is 5.73 Å². The topological polar surface area (TPSA) is 69.4 Å². The smallest absolute Gasteiger partial charge is 0.259 e. The summed E-state index contributed by atoms with van der Waals surface area (Å²) in [6.45, 7) is 0. The van der Waals surface area contributed by atoms with Crippen molar-refractivity contribution in [2.45, 2.75) is 6.23 Å². The van der Waals surface area contributed by atoms with Crippen LogP contribution in [0, 0.1) is 11.9 Å². The second-order valence-corrected chi connectivity index (χ2v) is 2.86. The lowest BCUT2D eigenvalue weighted by Gasteiger charge is -2.08. The first-order chi connectivity index (χ1) is 6.11. The molecule has 1 aromatic rings. The van der Waals surface area contributed by atoms with Gasteiger partial charge in [0.25, 0.3) is 11.0 Å². The van der Waals surface area contributed by atoms with E-state index in [2.05, 4.69) is 10.2 Å². The largest absolute Gasteiger partial charge is 0.301 e. The van der Waals surface area contributed by atoms with Crippen molar-refractivity contribution in [2.24, 2.45) is 5.73 Å². The maximum Gasteiger partial charge on any atom is 0.259 e. The van der Waals surface area contributed by atoms with Gasteiger partial charge in [-0.1, -0.05) is 6.07 Å². The number of nitrogens with two attached hydrogens (primary N) is 1. The predicted molar refractivity (Wildman–Crippen MR) is 43.6 cm³/mol. The van der Waals surface area contributed by atoms with Crippen LogP contribution >= 0.6 is 0 Å². The molecule has 1 radical (unpaired) electrons. The van der Waals surface area contributed by atoms with E-state index in [-0.39, 0.29) is 5.56 Å². The second-order valence-electron chi connectivity index (χ2n) is 2.20. The molecular formula is C7H7FNO3S. The highest BCUT2D eigenvalue weighted by Crippen LogP contribution is 2.14. The van der Waals surface area contributed by atoms with E-state index in [9.17, 15) is 12.8 Å². The van der Waals surface area contributed by atoms with Gasteiger partial charge >= 0.3 is 0 Å². The lowest BCUT2D eigenvalue weighted by Crippen LogP contribution is -2.15. The molecule has 0 spiro atoms. The van der Waals surface area contributed by atoms with Crippen molar-refractivity contribution in [2.75, 3.05) is 0 Å². The van der Waals surface area contributed by atoms with Crippen LogP contribution in [0.15, 0.2) is 18.2 Å². The van der Waals surface area contributed by atoms with Crippen LogP contribution in [-0.4, -0.2) is 8.42 Å². The average molecular weight is 204 g/mol. The zero-order chi connectivity index (χ0) is 9.84. The Morgan fingerprint density at radius 3 is 2.85 bits per heavy atom. The normalized spacial score (nSPS) is 13.2. The molecule has 0 aliphatic heterocycles. The van der Waals surface area contributed by atoms with Crippen molar-refractivity contribution in [3.63, 3.8) is 0 Å². The number of halogens is 1. The van der Waals surface area contributed by atoms with E-state index in [1.807, 2.05) is 0 Å². The lowest BCUT2D eigenvalue weighted by atomic mass is 10.2. The Bertz CT molecular complexity index is 359. The molecule has 6 heteroatoms. The van der Waals surface area contributed by atoms with Crippen LogP contribution in [0.2, 0.25) is 0 Å². The van der Waals surface area contributed by atoms with Gasteiger partial charge in [-0.05, 0) is 18.2 Å². The fourth-order valence-corrected chi connectivity index (χ4v) is 1.09. The van der Waals surface area contributed by atoms with Crippen LogP contribution in [0.1, 0.15) is 11.8 Å². The summed E-state index contributed by atoms with van der Waals surface area (Å²) in [5, 5.41) is 0. The number of thiol groups is 1. The zero-order valence-electron chi connectivity index (χ0n) is 6.44. The minimum absolute atomic E-state index is 0.0401. The second kappa shape index (κ2) is 4.31. The highest BCUT2D eigenvalue weighted by atomic mass is 32.2. The van der Waals surface area contributed by atoms with Gasteiger partial charge in [-0.2, -0.15) is 0 Å². The molecule has 0 aromatic heterocycles. The van der Waals surface area contributed by atoms with Gasteiger partial charge in [0.05, 0.1) is 0 Å². The fraction of sp³-hybridized carbons (Fsp3) is 0.143. The lowest BCUT2D eigenvalue weighted by molar-refractivity contribution is 0.227. The van der Waals surface area contributed by atoms with E-state index in [0.29, 0.717) is 0 Å². The first kappa shape index (κ1) is 10.1. The minimum Gasteiger partial charge on any atom is -0.301 e. The molecule has 2 N–H and O–H groups in total. The standard InChI is InChI=1S/C7H7FNO3S/c8-6-4-2-1-3-5(6)7(9)12-13(10)11/h2-4,7,13H,9H2. The van der Waals surface area contributed by atoms with Crippen molar-refractivity contribution in [1.29, 1.82) is 0 Å². The van der Waals surface area contributed by atoms with Crippen LogP contribution in [-0.2, 0) is 15.2 Å². The van der Waals surface area contributed by atoms with E-state index < -0.39 is 23.0 Å². The third kappa shape index (κ3) is 2.76. The first-order valence-electron chi connectivity index (χ1n) is 3.33. The Hall–Kier alpha value is -0.980. The summed E-state index contributed by atoms with van der Waals surface area (Å²) in [6, 6.07) is 6.27. The number of hydrogen-bond acceptors (Lipinski definition) is 4. The van der Waals surface area contributed by atoms with Crippen molar-refractivity contribution < 1.29 is 17.0 Å². The van der Waals surface area contributed by atoms with E-state index in [1.54, 1.807) is 0 Å². The SMILES string of the molecule is NC(O[SH](=O)=O)c1c[c]ccc1F. The first-order valence-corrected chi connectivity index (χ1v) is 4.43. The third-order valence-electron chi connectivity index (χ3n) is 1.35. The molecule has 0 aliphatic carbocycles.